The third-order valence-corrected chi connectivity index (χ3v) is 5.65. The molecule has 1 aliphatic rings. The third-order valence-electron chi connectivity index (χ3n) is 5.06. The fourth-order valence-corrected chi connectivity index (χ4v) is 3.84. The van der Waals surface area contributed by atoms with E-state index in [1.54, 1.807) is 6.07 Å². The second kappa shape index (κ2) is 8.43. The Bertz CT molecular complexity index is 807. The summed E-state index contributed by atoms with van der Waals surface area (Å²) in [6, 6.07) is 11.6. The van der Waals surface area contributed by atoms with Crippen LogP contribution in [0, 0.1) is 19.8 Å². The molecule has 1 atom stereocenters. The number of carbonyl (C=O) groups excluding carboxylic acids is 1. The Morgan fingerprint density at radius 1 is 1.15 bits per heavy atom. The van der Waals surface area contributed by atoms with Gasteiger partial charge in [0.1, 0.15) is 0 Å². The third kappa shape index (κ3) is 4.79. The van der Waals surface area contributed by atoms with Crippen molar-refractivity contribution in [1.82, 2.24) is 4.90 Å². The van der Waals surface area contributed by atoms with E-state index in [9.17, 15) is 4.79 Å². The van der Waals surface area contributed by atoms with Gasteiger partial charge in [0, 0.05) is 28.8 Å². The summed E-state index contributed by atoms with van der Waals surface area (Å²) in [6.07, 6.45) is 1.93. The van der Waals surface area contributed by atoms with Gasteiger partial charge in [0.05, 0.1) is 5.92 Å². The average Bonchev–Trinajstić information content (AvgIpc) is 2.61. The predicted octanol–water partition coefficient (Wildman–Crippen LogP) is 5.46. The Morgan fingerprint density at radius 3 is 2.69 bits per heavy atom. The van der Waals surface area contributed by atoms with E-state index in [4.69, 9.17) is 23.2 Å². The number of anilines is 1. The van der Waals surface area contributed by atoms with Crippen molar-refractivity contribution in [1.29, 1.82) is 0 Å². The Balaban J connectivity index is 1.62. The Morgan fingerprint density at radius 2 is 1.96 bits per heavy atom. The zero-order valence-corrected chi connectivity index (χ0v) is 16.7. The molecule has 1 N–H and O–H groups in total. The van der Waals surface area contributed by atoms with Crippen molar-refractivity contribution in [3.05, 3.63) is 63.1 Å². The number of likely N-dealkylation sites (tertiary alicyclic amines) is 1. The first-order valence-corrected chi connectivity index (χ1v) is 9.72. The summed E-state index contributed by atoms with van der Waals surface area (Å²) in [6.45, 7) is 6.59. The van der Waals surface area contributed by atoms with E-state index in [2.05, 4.69) is 24.1 Å². The van der Waals surface area contributed by atoms with Crippen molar-refractivity contribution >= 4 is 34.8 Å². The molecule has 0 radical (unpaired) electrons. The van der Waals surface area contributed by atoms with E-state index in [1.165, 1.54) is 11.1 Å². The Kier molecular flexibility index (Phi) is 6.23. The zero-order chi connectivity index (χ0) is 18.7. The highest BCUT2D eigenvalue weighted by molar-refractivity contribution is 6.35. The van der Waals surface area contributed by atoms with E-state index in [1.807, 2.05) is 30.3 Å². The molecule has 0 bridgehead atoms. The number of hydrogen-bond donors (Lipinski definition) is 1. The number of rotatable bonds is 4. The van der Waals surface area contributed by atoms with E-state index < -0.39 is 0 Å². The molecule has 2 aromatic rings. The summed E-state index contributed by atoms with van der Waals surface area (Å²) in [5.74, 6) is 0.0941. The molecular formula is C21H24Cl2N2O. The lowest BCUT2D eigenvalue weighted by Gasteiger charge is -2.32. The van der Waals surface area contributed by atoms with Crippen LogP contribution >= 0.6 is 23.2 Å². The predicted molar refractivity (Wildman–Crippen MR) is 109 cm³/mol. The average molecular weight is 391 g/mol. The van der Waals surface area contributed by atoms with Gasteiger partial charge >= 0.3 is 0 Å². The molecule has 5 heteroatoms. The number of hydrogen-bond acceptors (Lipinski definition) is 2. The maximum atomic E-state index is 12.7. The number of halogens is 2. The molecular weight excluding hydrogens is 367 g/mol. The highest BCUT2D eigenvalue weighted by Gasteiger charge is 2.26. The van der Waals surface area contributed by atoms with Crippen LogP contribution in [0.15, 0.2) is 36.4 Å². The monoisotopic (exact) mass is 390 g/mol. The van der Waals surface area contributed by atoms with Crippen molar-refractivity contribution in [3.8, 4) is 0 Å². The molecule has 0 spiro atoms. The van der Waals surface area contributed by atoms with Gasteiger partial charge in [0.15, 0.2) is 0 Å². The standard InChI is InChI=1S/C21H24Cl2N2O/c1-14-5-8-19(10-15(14)2)24-21(26)17-4-3-9-25(13-17)12-16-6-7-18(22)11-20(16)23/h5-8,10-11,17H,3-4,9,12-13H2,1-2H3,(H,24,26)/t17-/m0/s1. The topological polar surface area (TPSA) is 32.3 Å². The van der Waals surface area contributed by atoms with Crippen molar-refractivity contribution in [3.63, 3.8) is 0 Å². The van der Waals surface area contributed by atoms with Gasteiger partial charge in [0.25, 0.3) is 0 Å². The first-order chi connectivity index (χ1) is 12.4. The van der Waals surface area contributed by atoms with Crippen LogP contribution in [0.25, 0.3) is 0 Å². The SMILES string of the molecule is Cc1ccc(NC(=O)[C@H]2CCCN(Cc3ccc(Cl)cc3Cl)C2)cc1C. The van der Waals surface area contributed by atoms with Gasteiger partial charge < -0.3 is 5.32 Å². The first kappa shape index (κ1) is 19.2. The minimum Gasteiger partial charge on any atom is -0.326 e. The molecule has 2 aromatic carbocycles. The molecule has 1 aliphatic heterocycles. The maximum Gasteiger partial charge on any atom is 0.228 e. The van der Waals surface area contributed by atoms with Gasteiger partial charge in [-0.3, -0.25) is 9.69 Å². The van der Waals surface area contributed by atoms with Crippen LogP contribution in [-0.4, -0.2) is 23.9 Å². The van der Waals surface area contributed by atoms with Crippen LogP contribution < -0.4 is 5.32 Å². The summed E-state index contributed by atoms with van der Waals surface area (Å²) in [5, 5.41) is 4.40. The highest BCUT2D eigenvalue weighted by atomic mass is 35.5. The molecule has 3 nitrogen and oxygen atoms in total. The van der Waals surface area contributed by atoms with Gasteiger partial charge in [0.2, 0.25) is 5.91 Å². The first-order valence-electron chi connectivity index (χ1n) is 8.97. The van der Waals surface area contributed by atoms with Crippen LogP contribution in [0.4, 0.5) is 5.69 Å². The summed E-state index contributed by atoms with van der Waals surface area (Å²) < 4.78 is 0. The second-order valence-corrected chi connectivity index (χ2v) is 7.94. The number of aryl methyl sites for hydroxylation is 2. The fraction of sp³-hybridized carbons (Fsp3) is 0.381. The van der Waals surface area contributed by atoms with E-state index >= 15 is 0 Å². The number of nitrogens with zero attached hydrogens (tertiary/aromatic N) is 1. The van der Waals surface area contributed by atoms with E-state index in [0.29, 0.717) is 10.0 Å². The molecule has 3 rings (SSSR count). The molecule has 0 aliphatic carbocycles. The quantitative estimate of drug-likeness (QED) is 0.751. The Hall–Kier alpha value is -1.55. The van der Waals surface area contributed by atoms with E-state index in [0.717, 1.165) is 43.7 Å². The molecule has 1 heterocycles. The number of nitrogens with one attached hydrogen (secondary N) is 1. The van der Waals surface area contributed by atoms with Crippen LogP contribution in [0.3, 0.4) is 0 Å². The maximum absolute atomic E-state index is 12.7. The van der Waals surface area contributed by atoms with Gasteiger partial charge in [-0.25, -0.2) is 0 Å². The summed E-state index contributed by atoms with van der Waals surface area (Å²) in [5.41, 5.74) is 4.33. The summed E-state index contributed by atoms with van der Waals surface area (Å²) in [4.78, 5) is 15.0. The van der Waals surface area contributed by atoms with Gasteiger partial charge in [-0.05, 0) is 74.2 Å². The minimum absolute atomic E-state index is 0.00330. The fourth-order valence-electron chi connectivity index (χ4n) is 3.37. The van der Waals surface area contributed by atoms with E-state index in [-0.39, 0.29) is 11.8 Å². The van der Waals surface area contributed by atoms with Crippen molar-refractivity contribution < 1.29 is 4.79 Å². The highest BCUT2D eigenvalue weighted by Crippen LogP contribution is 2.25. The number of piperidine rings is 1. The number of carbonyl (C=O) groups is 1. The molecule has 0 unspecified atom stereocenters. The number of benzene rings is 2. The lowest BCUT2D eigenvalue weighted by atomic mass is 9.96. The molecule has 0 saturated carbocycles. The Labute approximate surface area is 165 Å². The number of amides is 1. The second-order valence-electron chi connectivity index (χ2n) is 7.10. The molecule has 26 heavy (non-hydrogen) atoms. The van der Waals surface area contributed by atoms with Crippen LogP contribution in [-0.2, 0) is 11.3 Å². The molecule has 1 fully saturated rings. The van der Waals surface area contributed by atoms with Gasteiger partial charge in [-0.1, -0.05) is 35.3 Å². The van der Waals surface area contributed by atoms with Crippen molar-refractivity contribution in [2.24, 2.45) is 5.92 Å². The lowest BCUT2D eigenvalue weighted by molar-refractivity contribution is -0.121. The summed E-state index contributed by atoms with van der Waals surface area (Å²) in [7, 11) is 0. The van der Waals surface area contributed by atoms with Gasteiger partial charge in [-0.2, -0.15) is 0 Å². The lowest BCUT2D eigenvalue weighted by Crippen LogP contribution is -2.40. The van der Waals surface area contributed by atoms with Crippen molar-refractivity contribution in [2.75, 3.05) is 18.4 Å². The normalized spacial score (nSPS) is 17.9. The molecule has 1 amide bonds. The molecule has 1 saturated heterocycles. The summed E-state index contributed by atoms with van der Waals surface area (Å²) >= 11 is 12.3. The van der Waals surface area contributed by atoms with Gasteiger partial charge in [-0.15, -0.1) is 0 Å². The van der Waals surface area contributed by atoms with Crippen LogP contribution in [0.1, 0.15) is 29.5 Å². The van der Waals surface area contributed by atoms with Crippen molar-refractivity contribution in [2.45, 2.75) is 33.2 Å². The van der Waals surface area contributed by atoms with Crippen LogP contribution in [0.5, 0.6) is 0 Å². The molecule has 0 aromatic heterocycles. The minimum atomic E-state index is -0.00330. The zero-order valence-electron chi connectivity index (χ0n) is 15.2. The smallest absolute Gasteiger partial charge is 0.228 e. The molecule has 138 valence electrons. The largest absolute Gasteiger partial charge is 0.326 e. The van der Waals surface area contributed by atoms with Crippen LogP contribution in [0.2, 0.25) is 10.0 Å².